The first-order valence-electron chi connectivity index (χ1n) is 7.92. The van der Waals surface area contributed by atoms with Crippen molar-refractivity contribution in [3.63, 3.8) is 0 Å². The van der Waals surface area contributed by atoms with Crippen LogP contribution in [0.5, 0.6) is 0 Å². The molecule has 0 fully saturated rings. The number of ether oxygens (including phenoxy) is 1. The largest absolute Gasteiger partial charge is 0.459 e. The van der Waals surface area contributed by atoms with Crippen molar-refractivity contribution in [1.82, 2.24) is 10.3 Å². The molecule has 0 saturated carbocycles. The number of halogens is 2. The number of nitrogens with one attached hydrogen (secondary N) is 1. The number of esters is 1. The summed E-state index contributed by atoms with van der Waals surface area (Å²) in [6.07, 6.45) is 1.45. The van der Waals surface area contributed by atoms with Gasteiger partial charge in [0.1, 0.15) is 16.7 Å². The van der Waals surface area contributed by atoms with Gasteiger partial charge in [0.05, 0.1) is 12.1 Å². The van der Waals surface area contributed by atoms with Crippen molar-refractivity contribution in [1.29, 1.82) is 0 Å². The van der Waals surface area contributed by atoms with Crippen LogP contribution in [0.4, 0.5) is 0 Å². The Balaban J connectivity index is 1.49. The van der Waals surface area contributed by atoms with Crippen LogP contribution in [-0.2, 0) is 16.1 Å². The van der Waals surface area contributed by atoms with Gasteiger partial charge in [-0.2, -0.15) is 0 Å². The molecule has 1 amide bonds. The summed E-state index contributed by atoms with van der Waals surface area (Å²) in [6, 6.07) is 13.8. The van der Waals surface area contributed by atoms with Crippen molar-refractivity contribution >= 4 is 35.1 Å². The Morgan fingerprint density at radius 3 is 2.59 bits per heavy atom. The quantitative estimate of drug-likeness (QED) is 0.493. The smallest absolute Gasteiger partial charge is 0.341 e. The molecule has 0 unspecified atom stereocenters. The highest BCUT2D eigenvalue weighted by Gasteiger charge is 2.14. The molecule has 0 bridgehead atoms. The van der Waals surface area contributed by atoms with E-state index in [2.05, 4.69) is 10.3 Å². The third-order valence-corrected chi connectivity index (χ3v) is 4.12. The maximum Gasteiger partial charge on any atom is 0.341 e. The summed E-state index contributed by atoms with van der Waals surface area (Å²) >= 11 is 11.7. The number of benzene rings is 1. The van der Waals surface area contributed by atoms with E-state index < -0.39 is 18.5 Å². The summed E-state index contributed by atoms with van der Waals surface area (Å²) in [7, 11) is 0. The average molecular weight is 405 g/mol. The number of furan rings is 1. The van der Waals surface area contributed by atoms with E-state index in [0.29, 0.717) is 16.5 Å². The average Bonchev–Trinajstić information content (AvgIpc) is 3.14. The Kier molecular flexibility index (Phi) is 6.11. The molecule has 1 N–H and O–H groups in total. The summed E-state index contributed by atoms with van der Waals surface area (Å²) in [5.41, 5.74) is 0.977. The number of pyridine rings is 1. The molecule has 0 aliphatic heterocycles. The standard InChI is InChI=1S/C19H14Cl2N2O4/c20-13-5-3-12(4-6-13)16-8-7-14(27-16)10-23-17(24)11-26-19(25)15-2-1-9-22-18(15)21/h1-9H,10-11H2,(H,23,24). The molecule has 3 aromatic rings. The molecule has 0 atom stereocenters. The topological polar surface area (TPSA) is 81.4 Å². The van der Waals surface area contributed by atoms with Crippen LogP contribution in [0.2, 0.25) is 10.2 Å². The Morgan fingerprint density at radius 2 is 1.85 bits per heavy atom. The first kappa shape index (κ1) is 18.9. The molecule has 8 heteroatoms. The van der Waals surface area contributed by atoms with E-state index in [1.54, 1.807) is 30.3 Å². The van der Waals surface area contributed by atoms with Crippen LogP contribution in [0.15, 0.2) is 59.1 Å². The van der Waals surface area contributed by atoms with Crippen molar-refractivity contribution in [2.45, 2.75) is 6.54 Å². The van der Waals surface area contributed by atoms with Gasteiger partial charge in [-0.3, -0.25) is 4.79 Å². The molecule has 6 nitrogen and oxygen atoms in total. The zero-order valence-electron chi connectivity index (χ0n) is 13.9. The molecular weight excluding hydrogens is 391 g/mol. The second-order valence-electron chi connectivity index (χ2n) is 5.47. The van der Waals surface area contributed by atoms with Gasteiger partial charge in [0.25, 0.3) is 5.91 Å². The van der Waals surface area contributed by atoms with E-state index >= 15 is 0 Å². The van der Waals surface area contributed by atoms with Crippen molar-refractivity contribution < 1.29 is 18.7 Å². The van der Waals surface area contributed by atoms with Crippen LogP contribution in [0.1, 0.15) is 16.1 Å². The minimum absolute atomic E-state index is 0.0215. The summed E-state index contributed by atoms with van der Waals surface area (Å²) in [5, 5.41) is 3.27. The Labute approximate surface area is 165 Å². The molecule has 1 aromatic carbocycles. The minimum Gasteiger partial charge on any atom is -0.459 e. The third kappa shape index (κ3) is 5.09. The molecule has 2 heterocycles. The Hall–Kier alpha value is -2.83. The van der Waals surface area contributed by atoms with Gasteiger partial charge in [0.2, 0.25) is 0 Å². The van der Waals surface area contributed by atoms with Gasteiger partial charge >= 0.3 is 5.97 Å². The number of carbonyl (C=O) groups is 2. The molecule has 0 radical (unpaired) electrons. The Bertz CT molecular complexity index is 954. The zero-order valence-corrected chi connectivity index (χ0v) is 15.5. The van der Waals surface area contributed by atoms with Gasteiger partial charge < -0.3 is 14.5 Å². The summed E-state index contributed by atoms with van der Waals surface area (Å²) < 4.78 is 10.6. The maximum absolute atomic E-state index is 11.9. The number of aromatic nitrogens is 1. The van der Waals surface area contributed by atoms with E-state index in [1.807, 2.05) is 12.1 Å². The van der Waals surface area contributed by atoms with Crippen LogP contribution in [0.25, 0.3) is 11.3 Å². The van der Waals surface area contributed by atoms with Gasteiger partial charge in [-0.1, -0.05) is 23.2 Å². The normalized spacial score (nSPS) is 10.4. The van der Waals surface area contributed by atoms with Crippen molar-refractivity contribution in [3.8, 4) is 11.3 Å². The number of hydrogen-bond acceptors (Lipinski definition) is 5. The van der Waals surface area contributed by atoms with Crippen molar-refractivity contribution in [2.24, 2.45) is 0 Å². The highest BCUT2D eigenvalue weighted by Crippen LogP contribution is 2.23. The zero-order chi connectivity index (χ0) is 19.2. The highest BCUT2D eigenvalue weighted by atomic mass is 35.5. The highest BCUT2D eigenvalue weighted by molar-refractivity contribution is 6.32. The van der Waals surface area contributed by atoms with Gasteiger partial charge in [-0.25, -0.2) is 9.78 Å². The van der Waals surface area contributed by atoms with Gasteiger partial charge in [0, 0.05) is 16.8 Å². The lowest BCUT2D eigenvalue weighted by Gasteiger charge is -2.06. The van der Waals surface area contributed by atoms with Crippen LogP contribution in [-0.4, -0.2) is 23.5 Å². The fourth-order valence-electron chi connectivity index (χ4n) is 2.23. The fourth-order valence-corrected chi connectivity index (χ4v) is 2.55. The minimum atomic E-state index is -0.716. The maximum atomic E-state index is 11.9. The predicted molar refractivity (Wildman–Crippen MR) is 101 cm³/mol. The van der Waals surface area contributed by atoms with E-state index in [-0.39, 0.29) is 17.3 Å². The van der Waals surface area contributed by atoms with Crippen LogP contribution in [0, 0.1) is 0 Å². The van der Waals surface area contributed by atoms with Crippen LogP contribution >= 0.6 is 23.2 Å². The van der Waals surface area contributed by atoms with Gasteiger partial charge in [-0.05, 0) is 48.5 Å². The number of hydrogen-bond donors (Lipinski definition) is 1. The SMILES string of the molecule is O=C(COC(=O)c1cccnc1Cl)NCc1ccc(-c2ccc(Cl)cc2)o1. The second kappa shape index (κ2) is 8.70. The molecule has 138 valence electrons. The van der Waals surface area contributed by atoms with Crippen LogP contribution < -0.4 is 5.32 Å². The molecule has 2 aromatic heterocycles. The first-order valence-corrected chi connectivity index (χ1v) is 8.67. The number of rotatable bonds is 6. The lowest BCUT2D eigenvalue weighted by molar-refractivity contribution is -0.124. The molecule has 0 aliphatic carbocycles. The number of nitrogens with zero attached hydrogens (tertiary/aromatic N) is 1. The van der Waals surface area contributed by atoms with E-state index in [4.69, 9.17) is 32.4 Å². The van der Waals surface area contributed by atoms with E-state index in [9.17, 15) is 9.59 Å². The number of amides is 1. The Morgan fingerprint density at radius 1 is 1.07 bits per heavy atom. The summed E-state index contributed by atoms with van der Waals surface area (Å²) in [5.74, 6) is 0.0440. The molecule has 0 saturated heterocycles. The molecular formula is C19H14Cl2N2O4. The molecule has 0 aliphatic rings. The van der Waals surface area contributed by atoms with Gasteiger partial charge in [0.15, 0.2) is 6.61 Å². The fraction of sp³-hybridized carbons (Fsp3) is 0.105. The molecule has 27 heavy (non-hydrogen) atoms. The predicted octanol–water partition coefficient (Wildman–Crippen LogP) is 4.12. The van der Waals surface area contributed by atoms with Gasteiger partial charge in [-0.15, -0.1) is 0 Å². The molecule has 3 rings (SSSR count). The summed E-state index contributed by atoms with van der Waals surface area (Å²) in [6.45, 7) is -0.271. The second-order valence-corrected chi connectivity index (χ2v) is 6.26. The van der Waals surface area contributed by atoms with Crippen LogP contribution in [0.3, 0.4) is 0 Å². The van der Waals surface area contributed by atoms with E-state index in [1.165, 1.54) is 12.3 Å². The lowest BCUT2D eigenvalue weighted by atomic mass is 10.2. The molecule has 0 spiro atoms. The number of carbonyl (C=O) groups excluding carboxylic acids is 2. The first-order chi connectivity index (χ1) is 13.0. The van der Waals surface area contributed by atoms with Crippen molar-refractivity contribution in [3.05, 3.63) is 76.2 Å². The third-order valence-electron chi connectivity index (χ3n) is 3.56. The van der Waals surface area contributed by atoms with Crippen molar-refractivity contribution in [2.75, 3.05) is 6.61 Å². The van der Waals surface area contributed by atoms with E-state index in [0.717, 1.165) is 5.56 Å². The summed E-state index contributed by atoms with van der Waals surface area (Å²) in [4.78, 5) is 27.5. The lowest BCUT2D eigenvalue weighted by Crippen LogP contribution is -2.28. The monoisotopic (exact) mass is 404 g/mol.